The van der Waals surface area contributed by atoms with E-state index in [0.29, 0.717) is 19.8 Å². The fourth-order valence-electron chi connectivity index (χ4n) is 2.60. The highest BCUT2D eigenvalue weighted by Crippen LogP contribution is 2.37. The van der Waals surface area contributed by atoms with Crippen LogP contribution in [0.15, 0.2) is 17.5 Å². The number of rotatable bonds is 6. The quantitative estimate of drug-likeness (QED) is 0.876. The Kier molecular flexibility index (Phi) is 5.23. The van der Waals surface area contributed by atoms with Crippen LogP contribution in [0.5, 0.6) is 0 Å². The molecule has 2 rings (SSSR count). The van der Waals surface area contributed by atoms with Crippen LogP contribution in [0.1, 0.15) is 31.6 Å². The van der Waals surface area contributed by atoms with E-state index in [9.17, 15) is 8.42 Å². The van der Waals surface area contributed by atoms with E-state index in [1.807, 2.05) is 19.9 Å². The van der Waals surface area contributed by atoms with E-state index in [2.05, 4.69) is 16.2 Å². The molecule has 2 heterocycles. The van der Waals surface area contributed by atoms with Crippen LogP contribution in [0.3, 0.4) is 0 Å². The molecule has 0 unspecified atom stereocenters. The number of hydrogen-bond acceptors (Lipinski definition) is 4. The van der Waals surface area contributed by atoms with E-state index in [1.165, 1.54) is 4.88 Å². The highest BCUT2D eigenvalue weighted by Gasteiger charge is 2.36. The zero-order valence-corrected chi connectivity index (χ0v) is 13.7. The van der Waals surface area contributed by atoms with Crippen LogP contribution in [-0.4, -0.2) is 33.9 Å². The molecule has 20 heavy (non-hydrogen) atoms. The smallest absolute Gasteiger partial charge is 0.211 e. The first-order chi connectivity index (χ1) is 9.44. The second-order valence-corrected chi connectivity index (χ2v) is 8.67. The highest BCUT2D eigenvalue weighted by atomic mass is 32.2. The molecule has 6 heteroatoms. The van der Waals surface area contributed by atoms with Gasteiger partial charge in [0.05, 0.1) is 5.75 Å². The minimum absolute atomic E-state index is 0.101. The SMILES string of the molecule is CC(C)CS(=O)(=O)NCC1(c2cccs2)CCOCC1. The van der Waals surface area contributed by atoms with Gasteiger partial charge in [-0.1, -0.05) is 19.9 Å². The summed E-state index contributed by atoms with van der Waals surface area (Å²) in [7, 11) is -3.20. The lowest BCUT2D eigenvalue weighted by Crippen LogP contribution is -2.45. The maximum absolute atomic E-state index is 12.1. The lowest BCUT2D eigenvalue weighted by atomic mass is 9.79. The Hall–Kier alpha value is -0.430. The zero-order valence-electron chi connectivity index (χ0n) is 12.1. The number of nitrogens with one attached hydrogen (secondary N) is 1. The summed E-state index contributed by atoms with van der Waals surface area (Å²) in [5, 5.41) is 2.05. The van der Waals surface area contributed by atoms with Crippen LogP contribution < -0.4 is 4.72 Å². The summed E-state index contributed by atoms with van der Waals surface area (Å²) < 4.78 is 32.4. The van der Waals surface area contributed by atoms with Gasteiger partial charge in [-0.05, 0) is 30.2 Å². The third-order valence-electron chi connectivity index (χ3n) is 3.68. The zero-order chi connectivity index (χ0) is 14.6. The molecule has 0 aliphatic carbocycles. The number of thiophene rings is 1. The molecule has 1 N–H and O–H groups in total. The fourth-order valence-corrected chi connectivity index (χ4v) is 5.08. The van der Waals surface area contributed by atoms with Crippen molar-refractivity contribution < 1.29 is 13.2 Å². The fraction of sp³-hybridized carbons (Fsp3) is 0.714. The molecule has 0 atom stereocenters. The van der Waals surface area contributed by atoms with Gasteiger partial charge in [-0.25, -0.2) is 13.1 Å². The summed E-state index contributed by atoms with van der Waals surface area (Å²) in [6, 6.07) is 4.13. The Bertz CT molecular complexity index is 503. The average Bonchev–Trinajstić information content (AvgIpc) is 2.91. The molecule has 1 aliphatic rings. The van der Waals surface area contributed by atoms with E-state index in [-0.39, 0.29) is 17.1 Å². The third-order valence-corrected chi connectivity index (χ3v) is 6.48. The first-order valence-corrected chi connectivity index (χ1v) is 9.56. The van der Waals surface area contributed by atoms with Gasteiger partial charge in [0.15, 0.2) is 0 Å². The van der Waals surface area contributed by atoms with Gasteiger partial charge >= 0.3 is 0 Å². The lowest BCUT2D eigenvalue weighted by molar-refractivity contribution is 0.0529. The molecule has 0 amide bonds. The first-order valence-electron chi connectivity index (χ1n) is 7.03. The van der Waals surface area contributed by atoms with Gasteiger partial charge in [-0.15, -0.1) is 11.3 Å². The molecule has 1 aromatic rings. The second-order valence-electron chi connectivity index (χ2n) is 5.87. The third kappa shape index (κ3) is 4.04. The van der Waals surface area contributed by atoms with Crippen molar-refractivity contribution in [1.29, 1.82) is 0 Å². The minimum atomic E-state index is -3.20. The number of sulfonamides is 1. The van der Waals surface area contributed by atoms with E-state index in [4.69, 9.17) is 4.74 Å². The van der Waals surface area contributed by atoms with Crippen LogP contribution in [0.4, 0.5) is 0 Å². The van der Waals surface area contributed by atoms with Crippen LogP contribution in [-0.2, 0) is 20.2 Å². The standard InChI is InChI=1S/C14H23NO3S2/c1-12(2)10-20(16,17)15-11-14(5-7-18-8-6-14)13-4-3-9-19-13/h3-4,9,12,15H,5-8,10-11H2,1-2H3. The van der Waals surface area contributed by atoms with Crippen LogP contribution in [0.25, 0.3) is 0 Å². The van der Waals surface area contributed by atoms with E-state index >= 15 is 0 Å². The van der Waals surface area contributed by atoms with Crippen molar-refractivity contribution in [1.82, 2.24) is 4.72 Å². The maximum atomic E-state index is 12.1. The summed E-state index contributed by atoms with van der Waals surface area (Å²) in [4.78, 5) is 1.26. The van der Waals surface area contributed by atoms with Gasteiger partial charge in [0, 0.05) is 30.1 Å². The Balaban J connectivity index is 2.10. The monoisotopic (exact) mass is 317 g/mol. The molecule has 1 aromatic heterocycles. The summed E-state index contributed by atoms with van der Waals surface area (Å²) in [6.07, 6.45) is 1.75. The molecule has 1 aliphatic heterocycles. The van der Waals surface area contributed by atoms with Crippen LogP contribution >= 0.6 is 11.3 Å². The Morgan fingerprint density at radius 3 is 2.65 bits per heavy atom. The van der Waals surface area contributed by atoms with Gasteiger partial charge < -0.3 is 4.74 Å². The molecule has 0 radical (unpaired) electrons. The van der Waals surface area contributed by atoms with Crippen LogP contribution in [0, 0.1) is 5.92 Å². The Morgan fingerprint density at radius 2 is 2.10 bits per heavy atom. The molecular weight excluding hydrogens is 294 g/mol. The predicted molar refractivity (Wildman–Crippen MR) is 82.7 cm³/mol. The second kappa shape index (κ2) is 6.56. The summed E-state index contributed by atoms with van der Waals surface area (Å²) in [5.74, 6) is 0.323. The molecular formula is C14H23NO3S2. The van der Waals surface area contributed by atoms with Gasteiger partial charge in [0.1, 0.15) is 0 Å². The van der Waals surface area contributed by atoms with Crippen molar-refractivity contribution in [3.05, 3.63) is 22.4 Å². The largest absolute Gasteiger partial charge is 0.381 e. The summed E-state index contributed by atoms with van der Waals surface area (Å²) in [6.45, 7) is 5.71. The molecule has 114 valence electrons. The van der Waals surface area contributed by atoms with Crippen molar-refractivity contribution >= 4 is 21.4 Å². The summed E-state index contributed by atoms with van der Waals surface area (Å²) in [5.41, 5.74) is -0.101. The van der Waals surface area contributed by atoms with E-state index in [0.717, 1.165) is 12.8 Å². The van der Waals surface area contributed by atoms with Gasteiger partial charge in [0.2, 0.25) is 10.0 Å². The van der Waals surface area contributed by atoms with Crippen molar-refractivity contribution in [3.63, 3.8) is 0 Å². The molecule has 0 bridgehead atoms. The summed E-state index contributed by atoms with van der Waals surface area (Å²) >= 11 is 1.70. The first kappa shape index (κ1) is 15.9. The number of hydrogen-bond donors (Lipinski definition) is 1. The predicted octanol–water partition coefficient (Wildman–Crippen LogP) is 2.37. The minimum Gasteiger partial charge on any atom is -0.381 e. The molecule has 1 fully saturated rings. The van der Waals surface area contributed by atoms with E-state index in [1.54, 1.807) is 11.3 Å². The van der Waals surface area contributed by atoms with E-state index < -0.39 is 10.0 Å². The Morgan fingerprint density at radius 1 is 1.40 bits per heavy atom. The van der Waals surface area contributed by atoms with Crippen LogP contribution in [0.2, 0.25) is 0 Å². The van der Waals surface area contributed by atoms with Crippen molar-refractivity contribution in [2.45, 2.75) is 32.1 Å². The van der Waals surface area contributed by atoms with Gasteiger partial charge in [0.25, 0.3) is 0 Å². The average molecular weight is 317 g/mol. The van der Waals surface area contributed by atoms with Gasteiger partial charge in [-0.2, -0.15) is 0 Å². The molecule has 4 nitrogen and oxygen atoms in total. The van der Waals surface area contributed by atoms with Crippen molar-refractivity contribution in [2.75, 3.05) is 25.5 Å². The highest BCUT2D eigenvalue weighted by molar-refractivity contribution is 7.89. The van der Waals surface area contributed by atoms with Crippen molar-refractivity contribution in [3.8, 4) is 0 Å². The molecule has 0 saturated carbocycles. The topological polar surface area (TPSA) is 55.4 Å². The normalized spacial score (nSPS) is 19.4. The maximum Gasteiger partial charge on any atom is 0.211 e. The molecule has 1 saturated heterocycles. The Labute approximate surface area is 125 Å². The van der Waals surface area contributed by atoms with Crippen molar-refractivity contribution in [2.24, 2.45) is 5.92 Å². The lowest BCUT2D eigenvalue weighted by Gasteiger charge is -2.36. The van der Waals surface area contributed by atoms with Gasteiger partial charge in [-0.3, -0.25) is 0 Å². The molecule has 0 spiro atoms. The molecule has 0 aromatic carbocycles. The number of ether oxygens (including phenoxy) is 1.